The van der Waals surface area contributed by atoms with Crippen LogP contribution in [-0.4, -0.2) is 41.3 Å². The molecule has 5 aromatic rings. The summed E-state index contributed by atoms with van der Waals surface area (Å²) in [7, 11) is 2.17. The summed E-state index contributed by atoms with van der Waals surface area (Å²) < 4.78 is 13.4. The second kappa shape index (κ2) is 15.8. The Morgan fingerprint density at radius 2 is 1.45 bits per heavy atom. The first kappa shape index (κ1) is 37.1. The van der Waals surface area contributed by atoms with Gasteiger partial charge in [0.15, 0.2) is 6.29 Å². The Balaban J connectivity index is 0.869. The molecule has 56 heavy (non-hydrogen) atoms. The van der Waals surface area contributed by atoms with E-state index in [0.29, 0.717) is 6.54 Å². The number of rotatable bonds is 11. The molecule has 0 aromatic heterocycles. The van der Waals surface area contributed by atoms with Crippen LogP contribution in [0.15, 0.2) is 115 Å². The molecular formula is C49H55N3O4. The van der Waals surface area contributed by atoms with E-state index in [4.69, 9.17) is 9.47 Å². The highest BCUT2D eigenvalue weighted by atomic mass is 16.7. The third-order valence-electron chi connectivity index (χ3n) is 13.3. The molecule has 5 fully saturated rings. The number of benzene rings is 5. The molecule has 0 radical (unpaired) electrons. The molecule has 1 aliphatic heterocycles. The van der Waals surface area contributed by atoms with E-state index in [1.165, 1.54) is 35.6 Å². The van der Waals surface area contributed by atoms with E-state index in [-0.39, 0.29) is 36.4 Å². The van der Waals surface area contributed by atoms with Gasteiger partial charge >= 0.3 is 6.03 Å². The van der Waals surface area contributed by atoms with Gasteiger partial charge in [-0.3, -0.25) is 4.90 Å². The number of nitrogens with one attached hydrogen (secondary N) is 2. The maximum Gasteiger partial charge on any atom is 0.315 e. The third kappa shape index (κ3) is 8.01. The standard InChI is InChI=1S/C49H55N3O4/c1-32(42-19-16-38-7-3-4-8-44(38)24-42)52(2)30-45-25-46(40-12-10-33(31-53)11-13-40)56-47(55-45)41-17-14-39(15-18-41)43-9-5-6-34(23-43)29-50-48(54)51-49-26-35-20-36(27-49)22-37(21-35)28-49/h3-19,23-24,32,35-37,45-47,53H,20-22,25-31H2,1-2H3,(H2,50,51,54)/t32-,35?,36?,37?,45+,46-,47-,49?/m1/s1. The number of hydrogen-bond acceptors (Lipinski definition) is 5. The largest absolute Gasteiger partial charge is 0.392 e. The summed E-state index contributed by atoms with van der Waals surface area (Å²) in [6, 6.07) is 40.4. The monoisotopic (exact) mass is 749 g/mol. The quantitative estimate of drug-likeness (QED) is 0.125. The van der Waals surface area contributed by atoms with Crippen molar-refractivity contribution in [3.8, 4) is 11.1 Å². The normalized spacial score (nSPS) is 27.4. The lowest BCUT2D eigenvalue weighted by Crippen LogP contribution is -2.61. The van der Waals surface area contributed by atoms with Crippen LogP contribution in [0.25, 0.3) is 21.9 Å². The molecule has 1 saturated heterocycles. The molecule has 4 saturated carbocycles. The number of fused-ring (bicyclic) bond motifs is 1. The predicted molar refractivity (Wildman–Crippen MR) is 222 cm³/mol. The molecule has 0 unspecified atom stereocenters. The Morgan fingerprint density at radius 1 is 0.750 bits per heavy atom. The first-order chi connectivity index (χ1) is 27.3. The SMILES string of the molecule is C[C@H](c1ccc2ccccc2c1)N(C)C[C@@H]1C[C@H](c2ccc(CO)cc2)O[C@H](c2ccc(-c3cccc(CNC(=O)NC45CC6CC(CC(C6)C4)C5)c3)cc2)O1. The summed E-state index contributed by atoms with van der Waals surface area (Å²) >= 11 is 0. The number of nitrogens with zero attached hydrogens (tertiary/aromatic N) is 1. The van der Waals surface area contributed by atoms with Crippen molar-refractivity contribution in [1.82, 2.24) is 15.5 Å². The van der Waals surface area contributed by atoms with Gasteiger partial charge in [-0.25, -0.2) is 4.79 Å². The zero-order valence-electron chi connectivity index (χ0n) is 32.7. The van der Waals surface area contributed by atoms with Crippen LogP contribution >= 0.6 is 0 Å². The van der Waals surface area contributed by atoms with E-state index in [9.17, 15) is 9.90 Å². The molecule has 4 bridgehead atoms. The van der Waals surface area contributed by atoms with Crippen molar-refractivity contribution < 1.29 is 19.4 Å². The second-order valence-corrected chi connectivity index (χ2v) is 17.4. The van der Waals surface area contributed by atoms with Gasteiger partial charge in [-0.05, 0) is 127 Å². The number of carbonyl (C=O) groups is 1. The smallest absolute Gasteiger partial charge is 0.315 e. The minimum absolute atomic E-state index is 0.00496. The van der Waals surface area contributed by atoms with E-state index in [2.05, 4.69) is 133 Å². The molecule has 0 spiro atoms. The van der Waals surface area contributed by atoms with Crippen LogP contribution < -0.4 is 10.6 Å². The minimum atomic E-state index is -0.530. The van der Waals surface area contributed by atoms with Crippen molar-refractivity contribution in [2.24, 2.45) is 17.8 Å². The summed E-state index contributed by atoms with van der Waals surface area (Å²) in [5, 5.41) is 18.8. The summed E-state index contributed by atoms with van der Waals surface area (Å²) in [6.45, 7) is 3.51. The van der Waals surface area contributed by atoms with Gasteiger partial charge in [-0.1, -0.05) is 103 Å². The fourth-order valence-corrected chi connectivity index (χ4v) is 10.7. The lowest BCUT2D eigenvalue weighted by molar-refractivity contribution is -0.253. The van der Waals surface area contributed by atoms with Gasteiger partial charge in [0.2, 0.25) is 0 Å². The fraction of sp³-hybridized carbons (Fsp3) is 0.408. The number of ether oxygens (including phenoxy) is 2. The van der Waals surface area contributed by atoms with Gasteiger partial charge in [0.25, 0.3) is 0 Å². The van der Waals surface area contributed by atoms with E-state index in [0.717, 1.165) is 83.4 Å². The molecule has 1 heterocycles. The maximum absolute atomic E-state index is 13.2. The molecule has 2 amide bonds. The van der Waals surface area contributed by atoms with Crippen molar-refractivity contribution in [1.29, 1.82) is 0 Å². The zero-order valence-corrected chi connectivity index (χ0v) is 32.7. The Morgan fingerprint density at radius 3 is 2.16 bits per heavy atom. The summed E-state index contributed by atoms with van der Waals surface area (Å²) in [4.78, 5) is 15.5. The number of aliphatic hydroxyl groups is 1. The van der Waals surface area contributed by atoms with Gasteiger partial charge in [0.1, 0.15) is 0 Å². The minimum Gasteiger partial charge on any atom is -0.392 e. The number of carbonyl (C=O) groups excluding carboxylic acids is 1. The van der Waals surface area contributed by atoms with Crippen molar-refractivity contribution in [3.63, 3.8) is 0 Å². The van der Waals surface area contributed by atoms with Gasteiger partial charge in [-0.2, -0.15) is 0 Å². The summed E-state index contributed by atoms with van der Waals surface area (Å²) in [6.07, 6.45) is 7.52. The lowest BCUT2D eigenvalue weighted by Gasteiger charge is -2.56. The van der Waals surface area contributed by atoms with Crippen LogP contribution in [0.3, 0.4) is 0 Å². The maximum atomic E-state index is 13.2. The fourth-order valence-electron chi connectivity index (χ4n) is 10.7. The van der Waals surface area contributed by atoms with Crippen LogP contribution in [0.2, 0.25) is 0 Å². The number of likely N-dealkylation sites (N-methyl/N-ethyl adjacent to an activating group) is 1. The van der Waals surface area contributed by atoms with Gasteiger partial charge in [-0.15, -0.1) is 0 Å². The van der Waals surface area contributed by atoms with Crippen LogP contribution in [0.1, 0.15) is 98.1 Å². The first-order valence-corrected chi connectivity index (χ1v) is 20.7. The average Bonchev–Trinajstić information content (AvgIpc) is 3.22. The average molecular weight is 750 g/mol. The summed E-state index contributed by atoms with van der Waals surface area (Å²) in [5.41, 5.74) is 7.50. The topological polar surface area (TPSA) is 83.1 Å². The molecule has 4 aliphatic carbocycles. The Hall–Kier alpha value is -4.53. The first-order valence-electron chi connectivity index (χ1n) is 20.7. The van der Waals surface area contributed by atoms with Crippen LogP contribution in [-0.2, 0) is 22.6 Å². The van der Waals surface area contributed by atoms with Crippen molar-refractivity contribution in [3.05, 3.63) is 143 Å². The molecule has 5 aromatic carbocycles. The van der Waals surface area contributed by atoms with Crippen LogP contribution in [0.4, 0.5) is 4.79 Å². The summed E-state index contributed by atoms with van der Waals surface area (Å²) in [5.74, 6) is 2.39. The Bertz CT molecular complexity index is 2110. The zero-order chi connectivity index (χ0) is 38.2. The molecule has 5 aliphatic rings. The van der Waals surface area contributed by atoms with Gasteiger partial charge < -0.3 is 25.2 Å². The molecule has 10 rings (SSSR count). The highest BCUT2D eigenvalue weighted by Crippen LogP contribution is 2.55. The number of aliphatic hydroxyl groups excluding tert-OH is 1. The second-order valence-electron chi connectivity index (χ2n) is 17.4. The van der Waals surface area contributed by atoms with Crippen molar-refractivity contribution in [2.75, 3.05) is 13.6 Å². The van der Waals surface area contributed by atoms with Crippen LogP contribution in [0, 0.1) is 17.8 Å². The highest BCUT2D eigenvalue weighted by Gasteiger charge is 2.51. The lowest BCUT2D eigenvalue weighted by atomic mass is 9.53. The molecule has 7 heteroatoms. The molecule has 3 N–H and O–H groups in total. The van der Waals surface area contributed by atoms with Crippen molar-refractivity contribution >= 4 is 16.8 Å². The number of amides is 2. The van der Waals surface area contributed by atoms with Crippen molar-refractivity contribution in [2.45, 2.75) is 95.1 Å². The molecule has 290 valence electrons. The van der Waals surface area contributed by atoms with E-state index < -0.39 is 6.29 Å². The molecular weight excluding hydrogens is 695 g/mol. The van der Waals surface area contributed by atoms with E-state index in [1.807, 2.05) is 12.1 Å². The van der Waals surface area contributed by atoms with E-state index >= 15 is 0 Å². The van der Waals surface area contributed by atoms with Gasteiger partial charge in [0.05, 0.1) is 18.8 Å². The highest BCUT2D eigenvalue weighted by molar-refractivity contribution is 5.83. The Kier molecular flexibility index (Phi) is 10.4. The number of urea groups is 1. The molecule has 4 atom stereocenters. The number of hydrogen-bond donors (Lipinski definition) is 3. The van der Waals surface area contributed by atoms with Gasteiger partial charge in [0, 0.05) is 36.7 Å². The molecule has 7 nitrogen and oxygen atoms in total. The Labute approximate surface area is 331 Å². The van der Waals surface area contributed by atoms with Crippen LogP contribution in [0.5, 0.6) is 0 Å². The predicted octanol–water partition coefficient (Wildman–Crippen LogP) is 10.0. The third-order valence-corrected chi connectivity index (χ3v) is 13.3. The van der Waals surface area contributed by atoms with E-state index in [1.54, 1.807) is 0 Å².